The summed E-state index contributed by atoms with van der Waals surface area (Å²) in [6.07, 6.45) is 0.734. The van der Waals surface area contributed by atoms with Crippen molar-refractivity contribution >= 4 is 5.69 Å². The van der Waals surface area contributed by atoms with E-state index >= 15 is 0 Å². The van der Waals surface area contributed by atoms with Crippen LogP contribution in [0.3, 0.4) is 0 Å². The number of hydrogen-bond acceptors (Lipinski definition) is 3. The summed E-state index contributed by atoms with van der Waals surface area (Å²) < 4.78 is 28.8. The number of benzene rings is 2. The summed E-state index contributed by atoms with van der Waals surface area (Å²) in [7, 11) is 0. The van der Waals surface area contributed by atoms with Crippen LogP contribution in [0.2, 0.25) is 0 Å². The fourth-order valence-electron chi connectivity index (χ4n) is 2.15. The van der Waals surface area contributed by atoms with Crippen LogP contribution in [-0.4, -0.2) is 11.7 Å². The third-order valence-electron chi connectivity index (χ3n) is 3.12. The second-order valence-electron chi connectivity index (χ2n) is 4.57. The fourth-order valence-corrected chi connectivity index (χ4v) is 2.15. The van der Waals surface area contributed by atoms with Gasteiger partial charge in [-0.05, 0) is 24.6 Å². The molecule has 0 fully saturated rings. The summed E-state index contributed by atoms with van der Waals surface area (Å²) in [4.78, 5) is 0. The Kier molecular flexibility index (Phi) is 4.98. The molecule has 1 atom stereocenters. The minimum Gasteiger partial charge on any atom is -0.508 e. The molecule has 0 spiro atoms. The molecule has 21 heavy (non-hydrogen) atoms. The first-order chi connectivity index (χ1) is 10.1. The Morgan fingerprint density at radius 2 is 1.90 bits per heavy atom. The van der Waals surface area contributed by atoms with Crippen molar-refractivity contribution in [3.8, 4) is 11.5 Å². The number of nitrogens with one attached hydrogen (secondary N) is 1. The highest BCUT2D eigenvalue weighted by Gasteiger charge is 2.13. The van der Waals surface area contributed by atoms with Gasteiger partial charge in [0.15, 0.2) is 0 Å². The van der Waals surface area contributed by atoms with Crippen LogP contribution >= 0.6 is 0 Å². The number of halogens is 2. The highest BCUT2D eigenvalue weighted by atomic mass is 19.3. The van der Waals surface area contributed by atoms with Crippen molar-refractivity contribution in [2.75, 3.05) is 5.32 Å². The molecule has 0 amide bonds. The molecule has 2 rings (SSSR count). The van der Waals surface area contributed by atoms with Gasteiger partial charge >= 0.3 is 6.61 Å². The third-order valence-corrected chi connectivity index (χ3v) is 3.12. The molecule has 112 valence electrons. The van der Waals surface area contributed by atoms with Gasteiger partial charge in [0.2, 0.25) is 0 Å². The summed E-state index contributed by atoms with van der Waals surface area (Å²) in [6, 6.07) is 13.3. The van der Waals surface area contributed by atoms with Crippen LogP contribution in [0.15, 0.2) is 48.5 Å². The number of anilines is 1. The number of aromatic hydroxyl groups is 1. The highest BCUT2D eigenvalue weighted by Crippen LogP contribution is 2.30. The zero-order valence-electron chi connectivity index (χ0n) is 11.6. The third kappa shape index (κ3) is 4.08. The van der Waals surface area contributed by atoms with Crippen molar-refractivity contribution in [1.82, 2.24) is 0 Å². The number of para-hydroxylation sites is 1. The summed E-state index contributed by atoms with van der Waals surface area (Å²) in [5.41, 5.74) is 1.42. The normalized spacial score (nSPS) is 12.2. The number of phenols is 1. The lowest BCUT2D eigenvalue weighted by Crippen LogP contribution is -2.10. The SMILES string of the molecule is CCC(Nc1cccc(OC(F)F)c1)c1ccccc1O. The molecule has 0 saturated carbocycles. The highest BCUT2D eigenvalue weighted by molar-refractivity contribution is 5.51. The molecular formula is C16H17F2NO2. The molecule has 0 aliphatic carbocycles. The molecule has 0 saturated heterocycles. The summed E-state index contributed by atoms with van der Waals surface area (Å²) in [5.74, 6) is 0.305. The molecule has 2 aromatic rings. The smallest absolute Gasteiger partial charge is 0.387 e. The topological polar surface area (TPSA) is 41.5 Å². The zero-order chi connectivity index (χ0) is 15.2. The second kappa shape index (κ2) is 6.92. The molecule has 5 heteroatoms. The Bertz CT molecular complexity index is 590. The number of ether oxygens (including phenoxy) is 1. The Labute approximate surface area is 122 Å². The van der Waals surface area contributed by atoms with E-state index in [1.54, 1.807) is 24.3 Å². The van der Waals surface area contributed by atoms with Gasteiger partial charge in [0.25, 0.3) is 0 Å². The molecule has 0 aliphatic rings. The maximum Gasteiger partial charge on any atom is 0.387 e. The molecule has 0 heterocycles. The number of hydrogen-bond donors (Lipinski definition) is 2. The van der Waals surface area contributed by atoms with Crippen molar-refractivity contribution in [3.05, 3.63) is 54.1 Å². The largest absolute Gasteiger partial charge is 0.508 e. The predicted molar refractivity (Wildman–Crippen MR) is 77.8 cm³/mol. The Hall–Kier alpha value is -2.30. The maximum atomic E-state index is 12.2. The Balaban J connectivity index is 2.17. The summed E-state index contributed by atoms with van der Waals surface area (Å²) in [5, 5.41) is 13.1. The molecule has 0 radical (unpaired) electrons. The first-order valence-corrected chi connectivity index (χ1v) is 6.69. The minimum absolute atomic E-state index is 0.0992. The van der Waals surface area contributed by atoms with E-state index in [1.807, 2.05) is 19.1 Å². The van der Waals surface area contributed by atoms with Crippen LogP contribution in [0, 0.1) is 0 Å². The van der Waals surface area contributed by atoms with Crippen LogP contribution in [0.25, 0.3) is 0 Å². The van der Waals surface area contributed by atoms with Crippen molar-refractivity contribution in [2.45, 2.75) is 26.0 Å². The van der Waals surface area contributed by atoms with E-state index in [9.17, 15) is 13.9 Å². The first-order valence-electron chi connectivity index (χ1n) is 6.69. The molecule has 0 aliphatic heterocycles. The van der Waals surface area contributed by atoms with E-state index in [2.05, 4.69) is 10.1 Å². The molecule has 1 unspecified atom stereocenters. The quantitative estimate of drug-likeness (QED) is 0.820. The van der Waals surface area contributed by atoms with Crippen molar-refractivity contribution < 1.29 is 18.6 Å². The van der Waals surface area contributed by atoms with Crippen LogP contribution in [-0.2, 0) is 0 Å². The van der Waals surface area contributed by atoms with E-state index in [0.717, 1.165) is 12.0 Å². The van der Waals surface area contributed by atoms with Gasteiger partial charge in [-0.15, -0.1) is 0 Å². The minimum atomic E-state index is -2.85. The fraction of sp³-hybridized carbons (Fsp3) is 0.250. The van der Waals surface area contributed by atoms with Gasteiger partial charge in [-0.3, -0.25) is 0 Å². The van der Waals surface area contributed by atoms with Crippen molar-refractivity contribution in [1.29, 1.82) is 0 Å². The Morgan fingerprint density at radius 3 is 2.57 bits per heavy atom. The Morgan fingerprint density at radius 1 is 1.14 bits per heavy atom. The molecule has 2 N–H and O–H groups in total. The predicted octanol–water partition coefficient (Wildman–Crippen LogP) is 4.56. The van der Waals surface area contributed by atoms with E-state index < -0.39 is 6.61 Å². The average molecular weight is 293 g/mol. The van der Waals surface area contributed by atoms with Crippen LogP contribution < -0.4 is 10.1 Å². The molecular weight excluding hydrogens is 276 g/mol. The number of alkyl halides is 2. The van der Waals surface area contributed by atoms with E-state index in [4.69, 9.17) is 0 Å². The van der Waals surface area contributed by atoms with Gasteiger partial charge in [-0.2, -0.15) is 8.78 Å². The standard InChI is InChI=1S/C16H17F2NO2/c1-2-14(13-8-3-4-9-15(13)20)19-11-6-5-7-12(10-11)21-16(17)18/h3-10,14,16,19-20H,2H2,1H3. The lowest BCUT2D eigenvalue weighted by Gasteiger charge is -2.20. The molecule has 3 nitrogen and oxygen atoms in total. The van der Waals surface area contributed by atoms with Gasteiger partial charge < -0.3 is 15.2 Å². The zero-order valence-corrected chi connectivity index (χ0v) is 11.6. The van der Waals surface area contributed by atoms with Gasteiger partial charge in [0.1, 0.15) is 11.5 Å². The maximum absolute atomic E-state index is 12.2. The number of phenolic OH excluding ortho intramolecular Hbond substituents is 1. The summed E-state index contributed by atoms with van der Waals surface area (Å²) in [6.45, 7) is -0.871. The van der Waals surface area contributed by atoms with Crippen molar-refractivity contribution in [3.63, 3.8) is 0 Å². The van der Waals surface area contributed by atoms with Gasteiger partial charge in [0, 0.05) is 17.3 Å². The summed E-state index contributed by atoms with van der Waals surface area (Å²) >= 11 is 0. The van der Waals surface area contributed by atoms with Crippen LogP contribution in [0.4, 0.5) is 14.5 Å². The van der Waals surface area contributed by atoms with Gasteiger partial charge in [0.05, 0.1) is 6.04 Å². The van der Waals surface area contributed by atoms with Crippen molar-refractivity contribution in [2.24, 2.45) is 0 Å². The van der Waals surface area contributed by atoms with Gasteiger partial charge in [-0.25, -0.2) is 0 Å². The molecule has 2 aromatic carbocycles. The second-order valence-corrected chi connectivity index (χ2v) is 4.57. The molecule has 0 bridgehead atoms. The number of rotatable bonds is 6. The van der Waals surface area contributed by atoms with E-state index in [1.165, 1.54) is 12.1 Å². The first kappa shape index (κ1) is 15.1. The lowest BCUT2D eigenvalue weighted by molar-refractivity contribution is -0.0498. The van der Waals surface area contributed by atoms with E-state index in [-0.39, 0.29) is 17.5 Å². The van der Waals surface area contributed by atoms with E-state index in [0.29, 0.717) is 5.69 Å². The monoisotopic (exact) mass is 293 g/mol. The lowest BCUT2D eigenvalue weighted by atomic mass is 10.0. The molecule has 0 aromatic heterocycles. The van der Waals surface area contributed by atoms with Gasteiger partial charge in [-0.1, -0.05) is 31.2 Å². The van der Waals surface area contributed by atoms with Crippen LogP contribution in [0.1, 0.15) is 24.9 Å². The van der Waals surface area contributed by atoms with Crippen LogP contribution in [0.5, 0.6) is 11.5 Å². The average Bonchev–Trinajstić information content (AvgIpc) is 2.45.